The van der Waals surface area contributed by atoms with Crippen molar-refractivity contribution in [1.82, 2.24) is 10.2 Å². The number of anilines is 1. The van der Waals surface area contributed by atoms with Gasteiger partial charge in [0.15, 0.2) is 0 Å². The van der Waals surface area contributed by atoms with E-state index in [1.54, 1.807) is 0 Å². The lowest BCUT2D eigenvalue weighted by Crippen LogP contribution is -2.43. The Balaban J connectivity index is 1.46. The molecule has 0 radical (unpaired) electrons. The molecule has 0 saturated carbocycles. The summed E-state index contributed by atoms with van der Waals surface area (Å²) in [5.74, 6) is 0.311. The predicted octanol–water partition coefficient (Wildman–Crippen LogP) is 1.71. The number of carbonyl (C=O) groups is 2. The maximum absolute atomic E-state index is 12.3. The molecule has 0 atom stereocenters. The Morgan fingerprint density at radius 2 is 2.09 bits per heavy atom. The van der Waals surface area contributed by atoms with E-state index in [0.717, 1.165) is 50.0 Å². The molecular weight excluding hydrogens is 290 g/mol. The number of nitrogens with zero attached hydrogens (tertiary/aromatic N) is 1. The lowest BCUT2D eigenvalue weighted by Gasteiger charge is -2.31. The number of amides is 2. The van der Waals surface area contributed by atoms with Gasteiger partial charge in [0.1, 0.15) is 0 Å². The maximum atomic E-state index is 12.3. The molecule has 2 aliphatic heterocycles. The molecule has 1 saturated heterocycles. The number of carbonyl (C=O) groups excluding carboxylic acids is 2. The normalized spacial score (nSPS) is 17.7. The molecule has 2 amide bonds. The summed E-state index contributed by atoms with van der Waals surface area (Å²) in [6.45, 7) is 2.01. The molecule has 1 fully saturated rings. The first-order valence-electron chi connectivity index (χ1n) is 8.51. The van der Waals surface area contributed by atoms with E-state index < -0.39 is 0 Å². The fourth-order valence-corrected chi connectivity index (χ4v) is 3.46. The van der Waals surface area contributed by atoms with Gasteiger partial charge >= 0.3 is 0 Å². The molecule has 2 heterocycles. The Bertz CT molecular complexity index is 594. The molecule has 0 bridgehead atoms. The molecular formula is C18H25N3O2. The second-order valence-corrected chi connectivity index (χ2v) is 6.56. The second kappa shape index (κ2) is 7.13. The van der Waals surface area contributed by atoms with E-state index in [1.807, 2.05) is 24.1 Å². The standard InChI is InChI=1S/C18H25N3O2/c1-21(15-7-9-19-10-8-15)18(23)4-2-3-13-5-6-16-14(11-13)12-17(22)20-16/h5-6,11,15,19H,2-4,7-10,12H2,1H3,(H,20,22). The average Bonchev–Trinajstić information content (AvgIpc) is 2.94. The van der Waals surface area contributed by atoms with Gasteiger partial charge in [-0.05, 0) is 56.0 Å². The van der Waals surface area contributed by atoms with Crippen molar-refractivity contribution in [3.05, 3.63) is 29.3 Å². The number of piperidine rings is 1. The first-order chi connectivity index (χ1) is 11.1. The minimum absolute atomic E-state index is 0.0657. The largest absolute Gasteiger partial charge is 0.343 e. The molecule has 3 rings (SSSR count). The fraction of sp³-hybridized carbons (Fsp3) is 0.556. The monoisotopic (exact) mass is 315 g/mol. The Morgan fingerprint density at radius 3 is 2.87 bits per heavy atom. The quantitative estimate of drug-likeness (QED) is 0.869. The van der Waals surface area contributed by atoms with Crippen LogP contribution in [-0.2, 0) is 22.4 Å². The first-order valence-corrected chi connectivity index (χ1v) is 8.51. The van der Waals surface area contributed by atoms with Gasteiger partial charge in [0.2, 0.25) is 11.8 Å². The topological polar surface area (TPSA) is 61.4 Å². The van der Waals surface area contributed by atoms with Crippen LogP contribution in [0.1, 0.15) is 36.8 Å². The number of fused-ring (bicyclic) bond motifs is 1. The van der Waals surface area contributed by atoms with Crippen molar-refractivity contribution < 1.29 is 9.59 Å². The van der Waals surface area contributed by atoms with Gasteiger partial charge in [-0.1, -0.05) is 12.1 Å². The summed E-state index contributed by atoms with van der Waals surface area (Å²) in [6.07, 6.45) is 4.90. The van der Waals surface area contributed by atoms with E-state index in [-0.39, 0.29) is 11.8 Å². The van der Waals surface area contributed by atoms with Crippen LogP contribution in [0.15, 0.2) is 18.2 Å². The van der Waals surface area contributed by atoms with Crippen LogP contribution >= 0.6 is 0 Å². The van der Waals surface area contributed by atoms with Gasteiger partial charge in [-0.25, -0.2) is 0 Å². The third-order valence-corrected chi connectivity index (χ3v) is 4.90. The van der Waals surface area contributed by atoms with Crippen LogP contribution in [0, 0.1) is 0 Å². The number of benzene rings is 1. The number of rotatable bonds is 5. The molecule has 5 nitrogen and oxygen atoms in total. The van der Waals surface area contributed by atoms with Gasteiger partial charge in [-0.3, -0.25) is 9.59 Å². The van der Waals surface area contributed by atoms with Gasteiger partial charge in [0.05, 0.1) is 6.42 Å². The van der Waals surface area contributed by atoms with Crippen LogP contribution in [0.25, 0.3) is 0 Å². The van der Waals surface area contributed by atoms with E-state index in [1.165, 1.54) is 5.56 Å². The zero-order valence-electron chi connectivity index (χ0n) is 13.7. The highest BCUT2D eigenvalue weighted by Crippen LogP contribution is 2.24. The highest BCUT2D eigenvalue weighted by atomic mass is 16.2. The first kappa shape index (κ1) is 16.0. The SMILES string of the molecule is CN(C(=O)CCCc1ccc2c(c1)CC(=O)N2)C1CCNCC1. The minimum atomic E-state index is 0.0657. The summed E-state index contributed by atoms with van der Waals surface area (Å²) in [4.78, 5) is 25.6. The molecule has 124 valence electrons. The van der Waals surface area contributed by atoms with Crippen molar-refractivity contribution in [3.63, 3.8) is 0 Å². The molecule has 0 aromatic heterocycles. The summed E-state index contributed by atoms with van der Waals surface area (Å²) in [5, 5.41) is 6.18. The molecule has 0 unspecified atom stereocenters. The molecule has 2 aliphatic rings. The molecule has 2 N–H and O–H groups in total. The third kappa shape index (κ3) is 3.91. The highest BCUT2D eigenvalue weighted by molar-refractivity contribution is 5.99. The highest BCUT2D eigenvalue weighted by Gasteiger charge is 2.21. The van der Waals surface area contributed by atoms with Crippen LogP contribution in [0.5, 0.6) is 0 Å². The van der Waals surface area contributed by atoms with Gasteiger partial charge in [0.25, 0.3) is 0 Å². The van der Waals surface area contributed by atoms with E-state index >= 15 is 0 Å². The number of hydrogen-bond acceptors (Lipinski definition) is 3. The van der Waals surface area contributed by atoms with Crippen molar-refractivity contribution in [3.8, 4) is 0 Å². The lowest BCUT2D eigenvalue weighted by molar-refractivity contribution is -0.132. The van der Waals surface area contributed by atoms with Crippen LogP contribution in [0.4, 0.5) is 5.69 Å². The van der Waals surface area contributed by atoms with Crippen molar-refractivity contribution >= 4 is 17.5 Å². The summed E-state index contributed by atoms with van der Waals surface area (Å²) in [7, 11) is 1.94. The van der Waals surface area contributed by atoms with Gasteiger partial charge in [-0.2, -0.15) is 0 Å². The van der Waals surface area contributed by atoms with Crippen LogP contribution < -0.4 is 10.6 Å². The maximum Gasteiger partial charge on any atom is 0.228 e. The molecule has 5 heteroatoms. The Morgan fingerprint density at radius 1 is 1.30 bits per heavy atom. The number of nitrogens with one attached hydrogen (secondary N) is 2. The second-order valence-electron chi connectivity index (χ2n) is 6.56. The summed E-state index contributed by atoms with van der Waals surface area (Å²) < 4.78 is 0. The smallest absolute Gasteiger partial charge is 0.228 e. The van der Waals surface area contributed by atoms with Gasteiger partial charge in [0, 0.05) is 25.2 Å². The van der Waals surface area contributed by atoms with E-state index in [2.05, 4.69) is 16.7 Å². The van der Waals surface area contributed by atoms with Crippen LogP contribution in [0.2, 0.25) is 0 Å². The Kier molecular flexibility index (Phi) is 4.96. The molecule has 1 aromatic carbocycles. The Labute approximate surface area is 137 Å². The van der Waals surface area contributed by atoms with Crippen molar-refractivity contribution in [1.29, 1.82) is 0 Å². The van der Waals surface area contributed by atoms with Crippen molar-refractivity contribution in [2.45, 2.75) is 44.6 Å². The zero-order chi connectivity index (χ0) is 16.2. The number of hydrogen-bond donors (Lipinski definition) is 2. The van der Waals surface area contributed by atoms with Gasteiger partial charge in [-0.15, -0.1) is 0 Å². The van der Waals surface area contributed by atoms with Crippen molar-refractivity contribution in [2.75, 3.05) is 25.5 Å². The van der Waals surface area contributed by atoms with Crippen LogP contribution in [0.3, 0.4) is 0 Å². The van der Waals surface area contributed by atoms with E-state index in [9.17, 15) is 9.59 Å². The molecule has 23 heavy (non-hydrogen) atoms. The molecule has 0 aliphatic carbocycles. The summed E-state index contributed by atoms with van der Waals surface area (Å²) in [6, 6.07) is 6.50. The van der Waals surface area contributed by atoms with E-state index in [0.29, 0.717) is 18.9 Å². The molecule has 0 spiro atoms. The third-order valence-electron chi connectivity index (χ3n) is 4.90. The zero-order valence-corrected chi connectivity index (χ0v) is 13.7. The molecule has 1 aromatic rings. The van der Waals surface area contributed by atoms with E-state index in [4.69, 9.17) is 0 Å². The fourth-order valence-electron chi connectivity index (χ4n) is 3.46. The Hall–Kier alpha value is -1.88. The lowest BCUT2D eigenvalue weighted by atomic mass is 10.0. The number of aryl methyl sites for hydroxylation is 1. The van der Waals surface area contributed by atoms with Crippen molar-refractivity contribution in [2.24, 2.45) is 0 Å². The summed E-state index contributed by atoms with van der Waals surface area (Å²) >= 11 is 0. The predicted molar refractivity (Wildman–Crippen MR) is 90.4 cm³/mol. The minimum Gasteiger partial charge on any atom is -0.343 e. The van der Waals surface area contributed by atoms with Crippen LogP contribution in [-0.4, -0.2) is 42.9 Å². The summed E-state index contributed by atoms with van der Waals surface area (Å²) in [5.41, 5.74) is 3.21. The van der Waals surface area contributed by atoms with Gasteiger partial charge < -0.3 is 15.5 Å². The average molecular weight is 315 g/mol.